The van der Waals surface area contributed by atoms with Crippen molar-refractivity contribution in [3.8, 4) is 0 Å². The Hall–Kier alpha value is -2.44. The Morgan fingerprint density at radius 1 is 1.00 bits per heavy atom. The van der Waals surface area contributed by atoms with Crippen molar-refractivity contribution in [1.29, 1.82) is 0 Å². The van der Waals surface area contributed by atoms with Gasteiger partial charge in [0, 0.05) is 40.8 Å². The molecule has 2 amide bonds. The van der Waals surface area contributed by atoms with E-state index in [0.29, 0.717) is 16.3 Å². The Bertz CT molecular complexity index is 1020. The van der Waals surface area contributed by atoms with Crippen molar-refractivity contribution >= 4 is 29.1 Å². The second kappa shape index (κ2) is 11.3. The summed E-state index contributed by atoms with van der Waals surface area (Å²) in [6, 6.07) is 11.3. The molecule has 34 heavy (non-hydrogen) atoms. The van der Waals surface area contributed by atoms with Crippen molar-refractivity contribution in [2.24, 2.45) is 11.7 Å². The van der Waals surface area contributed by atoms with E-state index >= 15 is 0 Å². The molecule has 7 heteroatoms. The van der Waals surface area contributed by atoms with Crippen LogP contribution in [0.1, 0.15) is 73.7 Å². The van der Waals surface area contributed by atoms with Crippen molar-refractivity contribution in [1.82, 2.24) is 4.90 Å². The maximum atomic E-state index is 13.9. The monoisotopic (exact) mass is 485 g/mol. The summed E-state index contributed by atoms with van der Waals surface area (Å²) in [6.45, 7) is 0.279. The van der Waals surface area contributed by atoms with E-state index < -0.39 is 5.82 Å². The van der Waals surface area contributed by atoms with Crippen LogP contribution in [0, 0.1) is 11.7 Å². The number of halogens is 2. The average molecular weight is 486 g/mol. The SMILES string of the molecule is NC1CCC(N(Cc2cc(NC(=O)C3CCCCC3)ccc2Cl)C(=O)c2cccc(F)c2)CC1. The van der Waals surface area contributed by atoms with Gasteiger partial charge >= 0.3 is 0 Å². The molecule has 0 saturated heterocycles. The van der Waals surface area contributed by atoms with Crippen molar-refractivity contribution in [2.45, 2.75) is 76.4 Å². The number of carbonyl (C=O) groups is 2. The van der Waals surface area contributed by atoms with Gasteiger partial charge in [0.2, 0.25) is 5.91 Å². The molecule has 2 aromatic rings. The van der Waals surface area contributed by atoms with Crippen LogP contribution in [0.2, 0.25) is 5.02 Å². The van der Waals surface area contributed by atoms with Gasteiger partial charge in [-0.15, -0.1) is 0 Å². The summed E-state index contributed by atoms with van der Waals surface area (Å²) in [7, 11) is 0. The van der Waals surface area contributed by atoms with Gasteiger partial charge in [-0.05, 0) is 80.5 Å². The standard InChI is InChI=1S/C27H33ClFN3O2/c28-25-14-11-23(31-26(33)18-5-2-1-3-6-18)16-20(25)17-32(24-12-9-22(30)10-13-24)27(34)19-7-4-8-21(29)15-19/h4,7-8,11,14-16,18,22,24H,1-3,5-6,9-10,12-13,17,30H2,(H,31,33). The molecule has 0 heterocycles. The van der Waals surface area contributed by atoms with Crippen LogP contribution in [0.4, 0.5) is 10.1 Å². The number of nitrogens with zero attached hydrogens (tertiary/aromatic N) is 1. The molecule has 2 aliphatic rings. The van der Waals surface area contributed by atoms with Gasteiger partial charge in [-0.3, -0.25) is 9.59 Å². The summed E-state index contributed by atoms with van der Waals surface area (Å²) in [6.07, 6.45) is 8.47. The van der Waals surface area contributed by atoms with Crippen LogP contribution in [-0.4, -0.2) is 28.8 Å². The van der Waals surface area contributed by atoms with E-state index in [4.69, 9.17) is 17.3 Å². The molecule has 2 aromatic carbocycles. The first kappa shape index (κ1) is 24.7. The van der Waals surface area contributed by atoms with E-state index in [1.165, 1.54) is 18.6 Å². The fourth-order valence-electron chi connectivity index (χ4n) is 5.13. The van der Waals surface area contributed by atoms with Crippen LogP contribution in [0.15, 0.2) is 42.5 Å². The van der Waals surface area contributed by atoms with Gasteiger partial charge in [-0.2, -0.15) is 0 Å². The summed E-state index contributed by atoms with van der Waals surface area (Å²) in [5.41, 5.74) is 7.84. The first-order valence-electron chi connectivity index (χ1n) is 12.3. The molecule has 0 aliphatic heterocycles. The number of nitrogens with two attached hydrogens (primary N) is 1. The molecule has 5 nitrogen and oxygen atoms in total. The normalized spacial score (nSPS) is 21.1. The lowest BCUT2D eigenvalue weighted by Crippen LogP contribution is -2.44. The molecule has 0 radical (unpaired) electrons. The molecule has 0 atom stereocenters. The fourth-order valence-corrected chi connectivity index (χ4v) is 5.31. The van der Waals surface area contributed by atoms with E-state index in [1.54, 1.807) is 29.2 Å². The molecule has 4 rings (SSSR count). The van der Waals surface area contributed by atoms with Crippen LogP contribution in [0.5, 0.6) is 0 Å². The lowest BCUT2D eigenvalue weighted by molar-refractivity contribution is -0.120. The zero-order valence-electron chi connectivity index (χ0n) is 19.4. The average Bonchev–Trinajstić information content (AvgIpc) is 2.85. The van der Waals surface area contributed by atoms with Gasteiger partial charge in [0.1, 0.15) is 5.82 Å². The molecule has 3 N–H and O–H groups in total. The van der Waals surface area contributed by atoms with Gasteiger partial charge < -0.3 is 16.0 Å². The molecule has 0 spiro atoms. The highest BCUT2D eigenvalue weighted by Gasteiger charge is 2.29. The maximum Gasteiger partial charge on any atom is 0.254 e. The van der Waals surface area contributed by atoms with Crippen molar-refractivity contribution in [3.05, 3.63) is 64.4 Å². The second-order valence-electron chi connectivity index (χ2n) is 9.64. The zero-order valence-corrected chi connectivity index (χ0v) is 20.2. The van der Waals surface area contributed by atoms with E-state index in [0.717, 1.165) is 56.9 Å². The van der Waals surface area contributed by atoms with E-state index in [1.807, 2.05) is 6.07 Å². The highest BCUT2D eigenvalue weighted by molar-refractivity contribution is 6.31. The first-order valence-corrected chi connectivity index (χ1v) is 12.7. The number of hydrogen-bond donors (Lipinski definition) is 2. The number of amides is 2. The number of nitrogens with one attached hydrogen (secondary N) is 1. The Kier molecular flexibility index (Phi) is 8.22. The van der Waals surface area contributed by atoms with Gasteiger partial charge in [0.15, 0.2) is 0 Å². The molecule has 0 bridgehead atoms. The van der Waals surface area contributed by atoms with E-state index in [2.05, 4.69) is 5.32 Å². The van der Waals surface area contributed by atoms with Gasteiger partial charge in [-0.25, -0.2) is 4.39 Å². The predicted molar refractivity (Wildman–Crippen MR) is 133 cm³/mol. The van der Waals surface area contributed by atoms with Crippen LogP contribution in [0.3, 0.4) is 0 Å². The predicted octanol–water partition coefficient (Wildman–Crippen LogP) is 5.91. The maximum absolute atomic E-state index is 13.9. The van der Waals surface area contributed by atoms with E-state index in [9.17, 15) is 14.0 Å². The largest absolute Gasteiger partial charge is 0.331 e. The van der Waals surface area contributed by atoms with Crippen LogP contribution in [0.25, 0.3) is 0 Å². The second-order valence-corrected chi connectivity index (χ2v) is 10.0. The van der Waals surface area contributed by atoms with Crippen molar-refractivity contribution < 1.29 is 14.0 Å². The fraction of sp³-hybridized carbons (Fsp3) is 0.481. The van der Waals surface area contributed by atoms with Crippen molar-refractivity contribution in [3.63, 3.8) is 0 Å². The molecule has 2 fully saturated rings. The van der Waals surface area contributed by atoms with Crippen LogP contribution in [-0.2, 0) is 11.3 Å². The minimum Gasteiger partial charge on any atom is -0.331 e. The summed E-state index contributed by atoms with van der Waals surface area (Å²) in [5.74, 6) is -0.582. The first-order chi connectivity index (χ1) is 16.4. The minimum atomic E-state index is -0.443. The number of anilines is 1. The lowest BCUT2D eigenvalue weighted by atomic mass is 9.88. The smallest absolute Gasteiger partial charge is 0.254 e. The number of hydrogen-bond acceptors (Lipinski definition) is 3. The molecule has 2 aliphatic carbocycles. The molecule has 2 saturated carbocycles. The molecular formula is C27H33ClFN3O2. The Morgan fingerprint density at radius 2 is 1.74 bits per heavy atom. The molecule has 182 valence electrons. The van der Waals surface area contributed by atoms with Gasteiger partial charge in [0.05, 0.1) is 0 Å². The molecular weight excluding hydrogens is 453 g/mol. The molecule has 0 unspecified atom stereocenters. The molecule has 0 aromatic heterocycles. The summed E-state index contributed by atoms with van der Waals surface area (Å²) in [5, 5.41) is 3.57. The Balaban J connectivity index is 1.55. The topological polar surface area (TPSA) is 75.4 Å². The third-order valence-electron chi connectivity index (χ3n) is 7.14. The number of benzene rings is 2. The van der Waals surface area contributed by atoms with Crippen molar-refractivity contribution in [2.75, 3.05) is 5.32 Å². The summed E-state index contributed by atoms with van der Waals surface area (Å²) < 4.78 is 13.9. The summed E-state index contributed by atoms with van der Waals surface area (Å²) >= 11 is 6.53. The number of rotatable bonds is 6. The third kappa shape index (κ3) is 6.16. The highest BCUT2D eigenvalue weighted by atomic mass is 35.5. The zero-order chi connectivity index (χ0) is 24.1. The Morgan fingerprint density at radius 3 is 2.44 bits per heavy atom. The Labute approximate surface area is 205 Å². The van der Waals surface area contributed by atoms with Gasteiger partial charge in [-0.1, -0.05) is 36.9 Å². The van der Waals surface area contributed by atoms with Gasteiger partial charge in [0.25, 0.3) is 5.91 Å². The van der Waals surface area contributed by atoms with Crippen LogP contribution >= 0.6 is 11.6 Å². The lowest BCUT2D eigenvalue weighted by Gasteiger charge is -2.36. The quantitative estimate of drug-likeness (QED) is 0.534. The van der Waals surface area contributed by atoms with Crippen LogP contribution < -0.4 is 11.1 Å². The minimum absolute atomic E-state index is 0.00730. The number of carbonyl (C=O) groups excluding carboxylic acids is 2. The third-order valence-corrected chi connectivity index (χ3v) is 7.51. The summed E-state index contributed by atoms with van der Waals surface area (Å²) in [4.78, 5) is 28.0. The van der Waals surface area contributed by atoms with E-state index in [-0.39, 0.29) is 36.4 Å². The highest BCUT2D eigenvalue weighted by Crippen LogP contribution is 2.30.